The summed E-state index contributed by atoms with van der Waals surface area (Å²) in [5.41, 5.74) is 2.09. The Hall–Kier alpha value is -2.65. The molecule has 158 valence electrons. The van der Waals surface area contributed by atoms with Crippen molar-refractivity contribution in [3.63, 3.8) is 0 Å². The minimum absolute atomic E-state index is 0.0575. The van der Waals surface area contributed by atoms with Crippen LogP contribution in [0.5, 0.6) is 5.75 Å². The van der Waals surface area contributed by atoms with Gasteiger partial charge in [0.25, 0.3) is 5.91 Å². The number of sulfone groups is 1. The first-order valence-electron chi connectivity index (χ1n) is 9.71. The number of hydrogen-bond acceptors (Lipinski definition) is 6. The number of methoxy groups -OCH3 is 1. The third-order valence-corrected chi connectivity index (χ3v) is 7.81. The number of carbonyl (C=O) groups is 1. The summed E-state index contributed by atoms with van der Waals surface area (Å²) in [6, 6.07) is 13.1. The van der Waals surface area contributed by atoms with Crippen molar-refractivity contribution >= 4 is 27.1 Å². The molecule has 4 rings (SSSR count). The summed E-state index contributed by atoms with van der Waals surface area (Å²) in [5, 5.41) is 9.35. The molecule has 3 heterocycles. The molecule has 1 aliphatic rings. The molecule has 2 aromatic heterocycles. The van der Waals surface area contributed by atoms with Gasteiger partial charge in [0.1, 0.15) is 5.75 Å². The smallest absolute Gasteiger partial charge is 0.271 e. The van der Waals surface area contributed by atoms with Crippen molar-refractivity contribution in [3.8, 4) is 16.3 Å². The largest absolute Gasteiger partial charge is 0.496 e. The second-order valence-corrected chi connectivity index (χ2v) is 10.4. The van der Waals surface area contributed by atoms with Crippen LogP contribution >= 0.6 is 11.3 Å². The lowest BCUT2D eigenvalue weighted by Gasteiger charge is -2.12. The Balaban J connectivity index is 1.51. The lowest BCUT2D eigenvalue weighted by molar-refractivity contribution is 0.0948. The van der Waals surface area contributed by atoms with Gasteiger partial charge in [0.2, 0.25) is 0 Å². The number of amides is 1. The molecule has 30 heavy (non-hydrogen) atoms. The predicted octanol–water partition coefficient (Wildman–Crippen LogP) is 2.95. The van der Waals surface area contributed by atoms with Crippen molar-refractivity contribution in [2.24, 2.45) is 0 Å². The first kappa shape index (κ1) is 20.6. The topological polar surface area (TPSA) is 90.3 Å². The molecule has 1 unspecified atom stereocenters. The standard InChI is InChI=1S/C21H23N3O4S2/c1-28-19-6-3-2-5-15(19)8-10-22-21(25)17-13-18(20-7-4-11-29-20)24(23-17)16-9-12-30(26,27)14-16/h2-7,11,13,16H,8-10,12,14H2,1H3,(H,22,25). The number of nitrogens with one attached hydrogen (secondary N) is 1. The van der Waals surface area contributed by atoms with Crippen LogP contribution in [0, 0.1) is 0 Å². The van der Waals surface area contributed by atoms with Crippen LogP contribution in [-0.4, -0.2) is 49.3 Å². The zero-order chi connectivity index (χ0) is 21.1. The lowest BCUT2D eigenvalue weighted by Crippen LogP contribution is -2.26. The van der Waals surface area contributed by atoms with E-state index in [2.05, 4.69) is 10.4 Å². The SMILES string of the molecule is COc1ccccc1CCNC(=O)c1cc(-c2cccs2)n(C2CCS(=O)(=O)C2)n1. The molecule has 9 heteroatoms. The number of para-hydroxylation sites is 1. The van der Waals surface area contributed by atoms with Crippen molar-refractivity contribution in [2.75, 3.05) is 25.2 Å². The summed E-state index contributed by atoms with van der Waals surface area (Å²) in [7, 11) is -1.44. The van der Waals surface area contributed by atoms with Crippen LogP contribution in [0.15, 0.2) is 47.8 Å². The fourth-order valence-corrected chi connectivity index (χ4v) is 6.10. The maximum Gasteiger partial charge on any atom is 0.271 e. The molecular weight excluding hydrogens is 422 g/mol. The van der Waals surface area contributed by atoms with E-state index >= 15 is 0 Å². The molecule has 0 saturated carbocycles. The number of aromatic nitrogens is 2. The zero-order valence-corrected chi connectivity index (χ0v) is 18.2. The zero-order valence-electron chi connectivity index (χ0n) is 16.6. The Morgan fingerprint density at radius 1 is 1.30 bits per heavy atom. The maximum atomic E-state index is 12.7. The van der Waals surface area contributed by atoms with E-state index < -0.39 is 9.84 Å². The average Bonchev–Trinajstić information content (AvgIpc) is 3.47. The summed E-state index contributed by atoms with van der Waals surface area (Å²) in [6.45, 7) is 0.443. The van der Waals surface area contributed by atoms with Crippen LogP contribution in [0.3, 0.4) is 0 Å². The van der Waals surface area contributed by atoms with Gasteiger partial charge < -0.3 is 10.1 Å². The van der Waals surface area contributed by atoms with Crippen LogP contribution in [0.1, 0.15) is 28.5 Å². The van der Waals surface area contributed by atoms with Gasteiger partial charge in [-0.05, 0) is 42.0 Å². The van der Waals surface area contributed by atoms with E-state index in [-0.39, 0.29) is 23.5 Å². The van der Waals surface area contributed by atoms with Gasteiger partial charge in [0.15, 0.2) is 15.5 Å². The minimum Gasteiger partial charge on any atom is -0.496 e. The second kappa shape index (κ2) is 8.61. The van der Waals surface area contributed by atoms with Crippen molar-refractivity contribution in [1.29, 1.82) is 0 Å². The Labute approximate surface area is 179 Å². The van der Waals surface area contributed by atoms with E-state index in [1.807, 2.05) is 41.8 Å². The fourth-order valence-electron chi connectivity index (χ4n) is 3.67. The van der Waals surface area contributed by atoms with Gasteiger partial charge in [-0.1, -0.05) is 24.3 Å². The Morgan fingerprint density at radius 3 is 2.83 bits per heavy atom. The fraction of sp³-hybridized carbons (Fsp3) is 0.333. The summed E-state index contributed by atoms with van der Waals surface area (Å²) < 4.78 is 31.0. The van der Waals surface area contributed by atoms with E-state index in [9.17, 15) is 13.2 Å². The van der Waals surface area contributed by atoms with Crippen molar-refractivity contribution < 1.29 is 17.9 Å². The number of carbonyl (C=O) groups excluding carboxylic acids is 1. The molecule has 1 N–H and O–H groups in total. The number of rotatable bonds is 7. The van der Waals surface area contributed by atoms with Crippen LogP contribution in [-0.2, 0) is 16.3 Å². The predicted molar refractivity (Wildman–Crippen MR) is 117 cm³/mol. The quantitative estimate of drug-likeness (QED) is 0.604. The highest BCUT2D eigenvalue weighted by atomic mass is 32.2. The Morgan fingerprint density at radius 2 is 2.13 bits per heavy atom. The Kier molecular flexibility index (Phi) is 5.92. The highest BCUT2D eigenvalue weighted by Gasteiger charge is 2.32. The molecule has 0 spiro atoms. The monoisotopic (exact) mass is 445 g/mol. The summed E-state index contributed by atoms with van der Waals surface area (Å²) in [5.74, 6) is 0.727. The van der Waals surface area contributed by atoms with Gasteiger partial charge in [-0.2, -0.15) is 5.10 Å². The molecular formula is C21H23N3O4S2. The van der Waals surface area contributed by atoms with Crippen LogP contribution < -0.4 is 10.1 Å². The second-order valence-electron chi connectivity index (χ2n) is 7.21. The number of nitrogens with zero attached hydrogens (tertiary/aromatic N) is 2. The molecule has 1 fully saturated rings. The molecule has 0 aliphatic carbocycles. The first-order valence-corrected chi connectivity index (χ1v) is 12.4. The van der Waals surface area contributed by atoms with Crippen molar-refractivity contribution in [2.45, 2.75) is 18.9 Å². The number of hydrogen-bond donors (Lipinski definition) is 1. The van der Waals surface area contributed by atoms with E-state index in [4.69, 9.17) is 4.74 Å². The van der Waals surface area contributed by atoms with Gasteiger partial charge in [0.05, 0.1) is 35.2 Å². The van der Waals surface area contributed by atoms with E-state index in [1.165, 1.54) is 11.3 Å². The normalized spacial score (nSPS) is 17.7. The summed E-state index contributed by atoms with van der Waals surface area (Å²) >= 11 is 1.54. The van der Waals surface area contributed by atoms with E-state index in [0.29, 0.717) is 25.1 Å². The van der Waals surface area contributed by atoms with Crippen molar-refractivity contribution in [3.05, 3.63) is 59.1 Å². The maximum absolute atomic E-state index is 12.7. The van der Waals surface area contributed by atoms with Crippen LogP contribution in [0.2, 0.25) is 0 Å². The van der Waals surface area contributed by atoms with Crippen LogP contribution in [0.25, 0.3) is 10.6 Å². The van der Waals surface area contributed by atoms with Gasteiger partial charge in [-0.15, -0.1) is 11.3 Å². The molecule has 1 aromatic carbocycles. The average molecular weight is 446 g/mol. The lowest BCUT2D eigenvalue weighted by atomic mass is 10.1. The Bertz CT molecular complexity index is 1140. The minimum atomic E-state index is -3.06. The van der Waals surface area contributed by atoms with Crippen molar-refractivity contribution in [1.82, 2.24) is 15.1 Å². The molecule has 1 amide bonds. The molecule has 1 aliphatic heterocycles. The summed E-state index contributed by atoms with van der Waals surface area (Å²) in [6.07, 6.45) is 1.15. The van der Waals surface area contributed by atoms with Gasteiger partial charge in [-0.3, -0.25) is 9.48 Å². The van der Waals surface area contributed by atoms with E-state index in [0.717, 1.165) is 21.9 Å². The highest BCUT2D eigenvalue weighted by molar-refractivity contribution is 7.91. The molecule has 3 aromatic rings. The number of ether oxygens (including phenoxy) is 1. The number of benzene rings is 1. The van der Waals surface area contributed by atoms with Crippen LogP contribution in [0.4, 0.5) is 0 Å². The third kappa shape index (κ3) is 4.41. The van der Waals surface area contributed by atoms with Gasteiger partial charge in [0, 0.05) is 6.54 Å². The molecule has 1 atom stereocenters. The molecule has 1 saturated heterocycles. The molecule has 0 bridgehead atoms. The first-order chi connectivity index (χ1) is 14.5. The van der Waals surface area contributed by atoms with Gasteiger partial charge in [-0.25, -0.2) is 8.42 Å². The molecule has 0 radical (unpaired) electrons. The molecule has 7 nitrogen and oxygen atoms in total. The highest BCUT2D eigenvalue weighted by Crippen LogP contribution is 2.32. The van der Waals surface area contributed by atoms with Gasteiger partial charge >= 0.3 is 0 Å². The van der Waals surface area contributed by atoms with E-state index in [1.54, 1.807) is 17.9 Å². The summed E-state index contributed by atoms with van der Waals surface area (Å²) in [4.78, 5) is 13.7. The third-order valence-electron chi connectivity index (χ3n) is 5.17. The number of thiophene rings is 1.